The van der Waals surface area contributed by atoms with Gasteiger partial charge in [-0.2, -0.15) is 0 Å². The molecule has 1 heterocycles. The topological polar surface area (TPSA) is 118 Å². The normalized spacial score (nSPS) is 15.1. The van der Waals surface area contributed by atoms with Crippen LogP contribution < -0.4 is 10.6 Å². The monoisotopic (exact) mass is 474 g/mol. The van der Waals surface area contributed by atoms with Crippen molar-refractivity contribution in [3.63, 3.8) is 0 Å². The highest BCUT2D eigenvalue weighted by molar-refractivity contribution is 6.00. The molecule has 8 heteroatoms. The number of rotatable bonds is 9. The molecule has 0 bridgehead atoms. The van der Waals surface area contributed by atoms with E-state index in [9.17, 15) is 19.5 Å². The Labute approximate surface area is 202 Å². The molecule has 2 aliphatic rings. The van der Waals surface area contributed by atoms with Gasteiger partial charge in [-0.1, -0.05) is 61.4 Å². The molecule has 1 fully saturated rings. The first-order chi connectivity index (χ1) is 17.0. The van der Waals surface area contributed by atoms with Crippen LogP contribution >= 0.6 is 0 Å². The summed E-state index contributed by atoms with van der Waals surface area (Å²) in [5, 5.41) is 14.6. The van der Waals surface area contributed by atoms with Gasteiger partial charge in [0.15, 0.2) is 0 Å². The molecule has 0 spiro atoms. The number of furan rings is 1. The Morgan fingerprint density at radius 3 is 2.29 bits per heavy atom. The molecule has 0 aliphatic heterocycles. The van der Waals surface area contributed by atoms with E-state index in [4.69, 9.17) is 9.15 Å². The maximum absolute atomic E-state index is 12.6. The van der Waals surface area contributed by atoms with Crippen molar-refractivity contribution >= 4 is 23.7 Å². The van der Waals surface area contributed by atoms with Crippen LogP contribution in [0.2, 0.25) is 0 Å². The smallest absolute Gasteiger partial charge is 0.411 e. The lowest BCUT2D eigenvalue weighted by molar-refractivity contribution is -0.141. The van der Waals surface area contributed by atoms with Gasteiger partial charge in [-0.3, -0.25) is 14.9 Å². The Morgan fingerprint density at radius 2 is 1.66 bits per heavy atom. The van der Waals surface area contributed by atoms with Crippen LogP contribution in [0.5, 0.6) is 0 Å². The summed E-state index contributed by atoms with van der Waals surface area (Å²) >= 11 is 0. The van der Waals surface area contributed by atoms with Crippen LogP contribution in [0.3, 0.4) is 0 Å². The summed E-state index contributed by atoms with van der Waals surface area (Å²) in [6, 6.07) is 17.6. The highest BCUT2D eigenvalue weighted by atomic mass is 16.5. The molecule has 1 aromatic heterocycles. The number of benzene rings is 2. The van der Waals surface area contributed by atoms with Gasteiger partial charge in [0.05, 0.1) is 17.9 Å². The quantitative estimate of drug-likeness (QED) is 0.407. The Kier molecular flexibility index (Phi) is 6.27. The predicted octanol–water partition coefficient (Wildman–Crippen LogP) is 4.87. The fourth-order valence-corrected chi connectivity index (χ4v) is 4.65. The largest absolute Gasteiger partial charge is 0.481 e. The van der Waals surface area contributed by atoms with Gasteiger partial charge < -0.3 is 19.6 Å². The third kappa shape index (κ3) is 4.91. The second-order valence-electron chi connectivity index (χ2n) is 9.04. The fraction of sp³-hybridized carbons (Fsp3) is 0.296. The van der Waals surface area contributed by atoms with Crippen molar-refractivity contribution in [2.75, 3.05) is 18.5 Å². The average molecular weight is 475 g/mol. The van der Waals surface area contributed by atoms with Gasteiger partial charge in [0.25, 0.3) is 5.91 Å². The van der Waals surface area contributed by atoms with E-state index in [2.05, 4.69) is 22.8 Å². The molecule has 1 saturated carbocycles. The number of carbonyl (C=O) groups is 3. The molecule has 180 valence electrons. The molecular formula is C27H26N2O6. The molecule has 2 amide bonds. The first-order valence-electron chi connectivity index (χ1n) is 11.7. The fourth-order valence-electron chi connectivity index (χ4n) is 4.65. The maximum atomic E-state index is 12.6. The van der Waals surface area contributed by atoms with E-state index >= 15 is 0 Å². The summed E-state index contributed by atoms with van der Waals surface area (Å²) in [5.41, 5.74) is 4.63. The summed E-state index contributed by atoms with van der Waals surface area (Å²) in [7, 11) is 0. The van der Waals surface area contributed by atoms with Crippen molar-refractivity contribution in [2.45, 2.75) is 25.2 Å². The van der Waals surface area contributed by atoms with Crippen molar-refractivity contribution in [3.8, 4) is 11.1 Å². The number of carbonyl (C=O) groups excluding carboxylic acids is 2. The predicted molar refractivity (Wildman–Crippen MR) is 128 cm³/mol. The lowest BCUT2D eigenvalue weighted by Crippen LogP contribution is -2.33. The summed E-state index contributed by atoms with van der Waals surface area (Å²) in [6.07, 6.45) is 3.18. The molecule has 8 nitrogen and oxygen atoms in total. The first-order valence-corrected chi connectivity index (χ1v) is 11.7. The average Bonchev–Trinajstić information content (AvgIpc) is 3.47. The SMILES string of the molecule is O=C(Nc1ccoc1C(=O)NCC(CC1CC1)C(=O)O)OCC1c2ccccc2-c2ccccc21. The van der Waals surface area contributed by atoms with Crippen LogP contribution in [-0.4, -0.2) is 36.2 Å². The Hall–Kier alpha value is -4.07. The molecule has 5 rings (SSSR count). The van der Waals surface area contributed by atoms with Crippen molar-refractivity contribution in [2.24, 2.45) is 11.8 Å². The Balaban J connectivity index is 1.19. The van der Waals surface area contributed by atoms with Gasteiger partial charge in [0.2, 0.25) is 5.76 Å². The number of amides is 2. The zero-order chi connectivity index (χ0) is 24.4. The van der Waals surface area contributed by atoms with E-state index in [1.807, 2.05) is 36.4 Å². The van der Waals surface area contributed by atoms with Gasteiger partial charge >= 0.3 is 12.1 Å². The molecule has 1 unspecified atom stereocenters. The molecule has 3 aromatic rings. The number of ether oxygens (including phenoxy) is 1. The van der Waals surface area contributed by atoms with E-state index in [0.29, 0.717) is 12.3 Å². The van der Waals surface area contributed by atoms with Crippen LogP contribution in [0.4, 0.5) is 10.5 Å². The zero-order valence-corrected chi connectivity index (χ0v) is 19.0. The van der Waals surface area contributed by atoms with Gasteiger partial charge in [-0.25, -0.2) is 4.79 Å². The van der Waals surface area contributed by atoms with E-state index in [1.54, 1.807) is 0 Å². The minimum absolute atomic E-state index is 0.00422. The molecule has 3 N–H and O–H groups in total. The number of fused-ring (bicyclic) bond motifs is 3. The second-order valence-corrected chi connectivity index (χ2v) is 9.04. The number of carboxylic acid groups (broad SMARTS) is 1. The van der Waals surface area contributed by atoms with Crippen LogP contribution in [0.25, 0.3) is 11.1 Å². The number of nitrogens with one attached hydrogen (secondary N) is 2. The standard InChI is InChI=1S/C27H26N2O6/c30-25(28-14-17(26(31)32)13-16-9-10-16)24-23(11-12-34-24)29-27(33)35-15-22-20-7-3-1-5-18(20)19-6-2-4-8-21(19)22/h1-8,11-12,16-17,22H,9-10,13-15H2,(H,28,30)(H,29,33)(H,31,32). The third-order valence-corrected chi connectivity index (χ3v) is 6.62. The zero-order valence-electron chi connectivity index (χ0n) is 19.0. The van der Waals surface area contributed by atoms with Crippen LogP contribution in [0, 0.1) is 11.8 Å². The molecule has 2 aromatic carbocycles. The molecule has 1 atom stereocenters. The minimum Gasteiger partial charge on any atom is -0.481 e. The number of aliphatic carboxylic acids is 1. The van der Waals surface area contributed by atoms with E-state index in [1.165, 1.54) is 12.3 Å². The lowest BCUT2D eigenvalue weighted by atomic mass is 9.98. The summed E-state index contributed by atoms with van der Waals surface area (Å²) in [6.45, 7) is 0.135. The van der Waals surface area contributed by atoms with E-state index in [0.717, 1.165) is 35.1 Å². The summed E-state index contributed by atoms with van der Waals surface area (Å²) in [5.74, 6) is -1.95. The van der Waals surface area contributed by atoms with Gasteiger partial charge in [-0.05, 0) is 34.6 Å². The van der Waals surface area contributed by atoms with Crippen LogP contribution in [-0.2, 0) is 9.53 Å². The molecule has 35 heavy (non-hydrogen) atoms. The van der Waals surface area contributed by atoms with Crippen molar-refractivity contribution in [1.29, 1.82) is 0 Å². The third-order valence-electron chi connectivity index (χ3n) is 6.62. The molecular weight excluding hydrogens is 448 g/mol. The Bertz CT molecular complexity index is 1220. The first kappa shape index (κ1) is 22.7. The highest BCUT2D eigenvalue weighted by Crippen LogP contribution is 2.44. The van der Waals surface area contributed by atoms with Gasteiger partial charge in [-0.15, -0.1) is 0 Å². The van der Waals surface area contributed by atoms with Gasteiger partial charge in [0, 0.05) is 18.5 Å². The van der Waals surface area contributed by atoms with Gasteiger partial charge in [0.1, 0.15) is 6.61 Å². The van der Waals surface area contributed by atoms with Crippen molar-refractivity contribution in [1.82, 2.24) is 5.32 Å². The number of hydrogen-bond donors (Lipinski definition) is 3. The van der Waals surface area contributed by atoms with Crippen molar-refractivity contribution < 1.29 is 28.6 Å². The second kappa shape index (κ2) is 9.66. The summed E-state index contributed by atoms with van der Waals surface area (Å²) < 4.78 is 10.8. The number of carboxylic acids is 1. The van der Waals surface area contributed by atoms with E-state index in [-0.39, 0.29) is 30.5 Å². The molecule has 0 saturated heterocycles. The molecule has 0 radical (unpaired) electrons. The highest BCUT2D eigenvalue weighted by Gasteiger charge is 2.31. The van der Waals surface area contributed by atoms with E-state index < -0.39 is 23.9 Å². The Morgan fingerprint density at radius 1 is 1.00 bits per heavy atom. The van der Waals surface area contributed by atoms with Crippen molar-refractivity contribution in [3.05, 3.63) is 77.7 Å². The lowest BCUT2D eigenvalue weighted by Gasteiger charge is -2.15. The van der Waals surface area contributed by atoms with Crippen LogP contribution in [0.1, 0.15) is 46.9 Å². The maximum Gasteiger partial charge on any atom is 0.411 e. The summed E-state index contributed by atoms with van der Waals surface area (Å²) in [4.78, 5) is 36.6. The minimum atomic E-state index is -0.936. The molecule has 2 aliphatic carbocycles. The van der Waals surface area contributed by atoms with Crippen LogP contribution in [0.15, 0.2) is 65.3 Å². The number of hydrogen-bond acceptors (Lipinski definition) is 5. The number of anilines is 1.